The van der Waals surface area contributed by atoms with Crippen LogP contribution in [0.2, 0.25) is 0 Å². The first-order chi connectivity index (χ1) is 14.8. The van der Waals surface area contributed by atoms with Crippen molar-refractivity contribution in [2.45, 2.75) is 33.7 Å². The Kier molecular flexibility index (Phi) is 6.07. The summed E-state index contributed by atoms with van der Waals surface area (Å²) in [4.78, 5) is 32.6. The number of aryl methyl sites for hydroxylation is 1. The van der Waals surface area contributed by atoms with Crippen LogP contribution in [0, 0.1) is 12.8 Å². The molecule has 0 radical (unpaired) electrons. The van der Waals surface area contributed by atoms with E-state index >= 15 is 0 Å². The van der Waals surface area contributed by atoms with Gasteiger partial charge in [-0.1, -0.05) is 61.1 Å². The largest absolute Gasteiger partial charge is 0.462 e. The van der Waals surface area contributed by atoms with Gasteiger partial charge in [0.2, 0.25) is 0 Å². The van der Waals surface area contributed by atoms with Gasteiger partial charge < -0.3 is 4.74 Å². The lowest BCUT2D eigenvalue weighted by Gasteiger charge is -2.23. The van der Waals surface area contributed by atoms with E-state index in [0.717, 1.165) is 16.0 Å². The minimum atomic E-state index is -0.531. The quantitative estimate of drug-likeness (QED) is 0.553. The molecule has 0 fully saturated rings. The van der Waals surface area contributed by atoms with Gasteiger partial charge in [-0.2, -0.15) is 0 Å². The number of aromatic nitrogens is 1. The number of carbonyl (C=O) groups is 1. The molecule has 1 aromatic carbocycles. The van der Waals surface area contributed by atoms with Crippen molar-refractivity contribution in [2.75, 3.05) is 6.61 Å². The molecule has 1 aliphatic rings. The van der Waals surface area contributed by atoms with Gasteiger partial charge in [0.25, 0.3) is 5.56 Å². The highest BCUT2D eigenvalue weighted by Crippen LogP contribution is 2.33. The minimum Gasteiger partial charge on any atom is -0.462 e. The Bertz CT molecular complexity index is 1310. The second-order valence-corrected chi connectivity index (χ2v) is 9.99. The highest BCUT2D eigenvalue weighted by Gasteiger charge is 2.34. The number of carbonyl (C=O) groups excluding carboxylic acids is 1. The third-order valence-electron chi connectivity index (χ3n) is 4.98. The van der Waals surface area contributed by atoms with E-state index in [0.29, 0.717) is 27.2 Å². The summed E-state index contributed by atoms with van der Waals surface area (Å²) in [5.41, 5.74) is 2.99. The predicted octanol–water partition coefficient (Wildman–Crippen LogP) is 3.80. The van der Waals surface area contributed by atoms with Crippen molar-refractivity contribution in [3.05, 3.63) is 88.7 Å². The molecule has 0 spiro atoms. The number of thiophene rings is 1. The third-order valence-corrected chi connectivity index (χ3v) is 6.88. The lowest BCUT2D eigenvalue weighted by atomic mass is 10.0. The zero-order valence-corrected chi connectivity index (χ0v) is 19.5. The molecule has 3 aromatic rings. The van der Waals surface area contributed by atoms with Crippen LogP contribution in [0.15, 0.2) is 62.8 Å². The molecule has 0 saturated carbocycles. The molecule has 3 heterocycles. The van der Waals surface area contributed by atoms with Crippen LogP contribution in [0.4, 0.5) is 0 Å². The van der Waals surface area contributed by atoms with Gasteiger partial charge in [-0.15, -0.1) is 11.3 Å². The lowest BCUT2D eigenvalue weighted by molar-refractivity contribution is -0.140. The summed E-state index contributed by atoms with van der Waals surface area (Å²) < 4.78 is 7.76. The summed E-state index contributed by atoms with van der Waals surface area (Å²) >= 11 is 2.86. The van der Waals surface area contributed by atoms with Gasteiger partial charge in [0.1, 0.15) is 6.04 Å². The van der Waals surface area contributed by atoms with Crippen molar-refractivity contribution in [1.29, 1.82) is 0 Å². The van der Waals surface area contributed by atoms with Crippen LogP contribution >= 0.6 is 22.7 Å². The molecule has 0 aliphatic carbocycles. The number of benzene rings is 1. The van der Waals surface area contributed by atoms with Crippen LogP contribution in [0.3, 0.4) is 0 Å². The van der Waals surface area contributed by atoms with Gasteiger partial charge in [0, 0.05) is 4.88 Å². The molecule has 31 heavy (non-hydrogen) atoms. The molecule has 160 valence electrons. The van der Waals surface area contributed by atoms with E-state index in [1.807, 2.05) is 75.5 Å². The average molecular weight is 453 g/mol. The molecule has 2 aromatic heterocycles. The van der Waals surface area contributed by atoms with Crippen molar-refractivity contribution in [2.24, 2.45) is 10.9 Å². The number of allylic oxidation sites excluding steroid dienone is 1. The van der Waals surface area contributed by atoms with Gasteiger partial charge in [-0.05, 0) is 42.9 Å². The van der Waals surface area contributed by atoms with Crippen LogP contribution < -0.4 is 14.9 Å². The zero-order chi connectivity index (χ0) is 22.1. The molecule has 1 atom stereocenters. The Balaban J connectivity index is 1.86. The minimum absolute atomic E-state index is 0.149. The van der Waals surface area contributed by atoms with E-state index in [2.05, 4.69) is 4.99 Å². The summed E-state index contributed by atoms with van der Waals surface area (Å²) in [6.07, 6.45) is 1.88. The van der Waals surface area contributed by atoms with Crippen LogP contribution in [-0.2, 0) is 9.53 Å². The molecule has 4 rings (SSSR count). The van der Waals surface area contributed by atoms with E-state index < -0.39 is 12.0 Å². The molecule has 1 aliphatic heterocycles. The van der Waals surface area contributed by atoms with Crippen molar-refractivity contribution >= 4 is 34.7 Å². The Morgan fingerprint density at radius 2 is 1.97 bits per heavy atom. The van der Waals surface area contributed by atoms with Gasteiger partial charge in [-0.3, -0.25) is 9.36 Å². The molecule has 0 saturated heterocycles. The molecular formula is C24H24N2O3S2. The normalized spacial score (nSPS) is 16.4. The summed E-state index contributed by atoms with van der Waals surface area (Å²) in [6.45, 7) is 8.14. The van der Waals surface area contributed by atoms with Gasteiger partial charge in [0.15, 0.2) is 4.80 Å². The maximum atomic E-state index is 13.4. The van der Waals surface area contributed by atoms with Crippen LogP contribution in [0.5, 0.6) is 0 Å². The fourth-order valence-electron chi connectivity index (χ4n) is 3.43. The topological polar surface area (TPSA) is 60.7 Å². The molecule has 1 unspecified atom stereocenters. The van der Waals surface area contributed by atoms with Crippen molar-refractivity contribution in [3.63, 3.8) is 0 Å². The number of hydrogen-bond donors (Lipinski definition) is 0. The fourth-order valence-corrected chi connectivity index (χ4v) is 5.30. The second-order valence-electron chi connectivity index (χ2n) is 8.00. The van der Waals surface area contributed by atoms with Crippen LogP contribution in [0.1, 0.15) is 42.8 Å². The van der Waals surface area contributed by atoms with Crippen LogP contribution in [-0.4, -0.2) is 17.1 Å². The maximum Gasteiger partial charge on any atom is 0.338 e. The van der Waals surface area contributed by atoms with E-state index in [-0.39, 0.29) is 11.5 Å². The summed E-state index contributed by atoms with van der Waals surface area (Å²) in [7, 11) is 0. The lowest BCUT2D eigenvalue weighted by Crippen LogP contribution is -2.39. The van der Waals surface area contributed by atoms with Gasteiger partial charge in [0.05, 0.1) is 22.4 Å². The number of thiazole rings is 1. The molecular weight excluding hydrogens is 428 g/mol. The third kappa shape index (κ3) is 4.34. The van der Waals surface area contributed by atoms with Crippen LogP contribution in [0.25, 0.3) is 6.08 Å². The second kappa shape index (κ2) is 8.77. The first-order valence-electron chi connectivity index (χ1n) is 10.1. The zero-order valence-electron chi connectivity index (χ0n) is 17.9. The first-order valence-corrected chi connectivity index (χ1v) is 11.8. The average Bonchev–Trinajstić information content (AvgIpc) is 3.36. The number of ether oxygens (including phenoxy) is 1. The van der Waals surface area contributed by atoms with E-state index in [9.17, 15) is 9.59 Å². The first kappa shape index (κ1) is 21.5. The standard InChI is InChI=1S/C24H24N2O3S2/c1-14(2)13-29-23(28)20-16(4)25-24-26(21(20)18-6-5-11-30-18)22(27)19(31-24)12-17-9-7-15(3)8-10-17/h5-12,14,21H,13H2,1-4H3/b19-12+. The SMILES string of the molecule is CC1=C(C(=O)OCC(C)C)C(c2cccs2)n2c(s/c(=C/c3ccc(C)cc3)c2=O)=N1. The molecule has 0 bridgehead atoms. The van der Waals surface area contributed by atoms with Crippen molar-refractivity contribution in [3.8, 4) is 0 Å². The number of fused-ring (bicyclic) bond motifs is 1. The van der Waals surface area contributed by atoms with E-state index in [4.69, 9.17) is 4.74 Å². The highest BCUT2D eigenvalue weighted by molar-refractivity contribution is 7.10. The number of rotatable bonds is 5. The van der Waals surface area contributed by atoms with Gasteiger partial charge >= 0.3 is 5.97 Å². The van der Waals surface area contributed by atoms with Gasteiger partial charge in [-0.25, -0.2) is 9.79 Å². The Hall–Kier alpha value is -2.77. The summed E-state index contributed by atoms with van der Waals surface area (Å²) in [5.74, 6) is -0.193. The molecule has 0 amide bonds. The number of esters is 1. The maximum absolute atomic E-state index is 13.4. The van der Waals surface area contributed by atoms with E-state index in [1.54, 1.807) is 4.57 Å². The predicted molar refractivity (Wildman–Crippen MR) is 125 cm³/mol. The molecule has 7 heteroatoms. The summed E-state index contributed by atoms with van der Waals surface area (Å²) in [5, 5.41) is 1.95. The van der Waals surface area contributed by atoms with E-state index in [1.165, 1.54) is 22.7 Å². The Morgan fingerprint density at radius 1 is 1.23 bits per heavy atom. The molecule has 5 nitrogen and oxygen atoms in total. The smallest absolute Gasteiger partial charge is 0.338 e. The number of nitrogens with zero attached hydrogens (tertiary/aromatic N) is 2. The van der Waals surface area contributed by atoms with Crippen molar-refractivity contribution in [1.82, 2.24) is 4.57 Å². The summed E-state index contributed by atoms with van der Waals surface area (Å²) in [6, 6.07) is 11.4. The Morgan fingerprint density at radius 3 is 2.61 bits per heavy atom. The van der Waals surface area contributed by atoms with Crippen molar-refractivity contribution < 1.29 is 9.53 Å². The Labute approximate surface area is 188 Å². The molecule has 0 N–H and O–H groups in total. The highest BCUT2D eigenvalue weighted by atomic mass is 32.1. The number of hydrogen-bond acceptors (Lipinski definition) is 6. The monoisotopic (exact) mass is 452 g/mol. The fraction of sp³-hybridized carbons (Fsp3) is 0.292.